The van der Waals surface area contributed by atoms with Crippen molar-refractivity contribution in [2.45, 2.75) is 26.7 Å². The molecule has 0 aromatic heterocycles. The van der Waals surface area contributed by atoms with E-state index in [0.717, 1.165) is 19.4 Å². The molecule has 0 aliphatic rings. The molecule has 0 unspecified atom stereocenters. The quantitative estimate of drug-likeness (QED) is 0.836. The van der Waals surface area contributed by atoms with Crippen molar-refractivity contribution in [3.63, 3.8) is 0 Å². The van der Waals surface area contributed by atoms with Gasteiger partial charge in [-0.1, -0.05) is 44.2 Å². The number of hydrogen-bond acceptors (Lipinski definition) is 2. The van der Waals surface area contributed by atoms with Gasteiger partial charge in [0, 0.05) is 0 Å². The number of rotatable bonds is 3. The molecule has 0 atom stereocenters. The first-order chi connectivity index (χ1) is 8.66. The van der Waals surface area contributed by atoms with Gasteiger partial charge in [0.1, 0.15) is 0 Å². The molecule has 1 aromatic carbocycles. The van der Waals surface area contributed by atoms with E-state index in [1.807, 2.05) is 46.0 Å². The summed E-state index contributed by atoms with van der Waals surface area (Å²) >= 11 is 0. The zero-order valence-electron chi connectivity index (χ0n) is 12.7. The molecule has 2 N–H and O–H groups in total. The maximum Gasteiger partial charge on any atom is -0.00741 e. The fourth-order valence-corrected chi connectivity index (χ4v) is 0.951. The van der Waals surface area contributed by atoms with Gasteiger partial charge in [0.25, 0.3) is 0 Å². The minimum absolute atomic E-state index is 0.787. The molecular formula is C16H30N2. The highest BCUT2D eigenvalue weighted by Crippen LogP contribution is 2.00. The van der Waals surface area contributed by atoms with E-state index in [1.165, 1.54) is 5.56 Å². The van der Waals surface area contributed by atoms with Crippen LogP contribution in [0.1, 0.15) is 25.8 Å². The lowest BCUT2D eigenvalue weighted by molar-refractivity contribution is 0.505. The van der Waals surface area contributed by atoms with Crippen molar-refractivity contribution in [2.24, 2.45) is 5.73 Å². The lowest BCUT2D eigenvalue weighted by Crippen LogP contribution is -1.99. The minimum Gasteiger partial charge on any atom is -0.330 e. The van der Waals surface area contributed by atoms with Gasteiger partial charge in [-0.2, -0.15) is 0 Å². The maximum absolute atomic E-state index is 5.38. The van der Waals surface area contributed by atoms with Gasteiger partial charge in [0.15, 0.2) is 0 Å². The Morgan fingerprint density at radius 3 is 1.72 bits per heavy atom. The number of nitrogens with two attached hydrogens (primary N) is 1. The third-order valence-electron chi connectivity index (χ3n) is 1.51. The first kappa shape index (κ1) is 21.9. The van der Waals surface area contributed by atoms with Crippen LogP contribution in [-0.2, 0) is 6.42 Å². The van der Waals surface area contributed by atoms with Gasteiger partial charge < -0.3 is 10.6 Å². The predicted octanol–water partition coefficient (Wildman–Crippen LogP) is 3.03. The Morgan fingerprint density at radius 1 is 1.00 bits per heavy atom. The van der Waals surface area contributed by atoms with Crippen LogP contribution in [0.5, 0.6) is 0 Å². The molecule has 0 radical (unpaired) electrons. The van der Waals surface area contributed by atoms with E-state index in [0.29, 0.717) is 0 Å². The topological polar surface area (TPSA) is 29.3 Å². The van der Waals surface area contributed by atoms with E-state index >= 15 is 0 Å². The number of hydrogen-bond donors (Lipinski definition) is 1. The smallest absolute Gasteiger partial charge is 0.00741 e. The van der Waals surface area contributed by atoms with Crippen molar-refractivity contribution in [3.8, 4) is 12.8 Å². The summed E-state index contributed by atoms with van der Waals surface area (Å²) in [7, 11) is 6.00. The van der Waals surface area contributed by atoms with E-state index in [1.54, 1.807) is 0 Å². The Hall–Kier alpha value is -1.30. The highest BCUT2D eigenvalue weighted by molar-refractivity contribution is 5.14. The van der Waals surface area contributed by atoms with E-state index in [4.69, 9.17) is 5.73 Å². The van der Waals surface area contributed by atoms with Crippen molar-refractivity contribution >= 4 is 0 Å². The van der Waals surface area contributed by atoms with Crippen LogP contribution in [0.15, 0.2) is 30.3 Å². The molecule has 104 valence electrons. The molecule has 0 saturated heterocycles. The number of aryl methyl sites for hydroxylation is 1. The molecule has 0 bridgehead atoms. The SMILES string of the molecule is C#C.CC.CN(C)C.NCCCc1ccccc1. The summed E-state index contributed by atoms with van der Waals surface area (Å²) in [5.74, 6) is 0. The standard InChI is InChI=1S/C9H13N.C3H9N.C2H6.C2H2/c10-8-4-7-9-5-2-1-3-6-9;1-4(2)3;2*1-2/h1-3,5-6H,4,7-8,10H2;1-3H3;1-2H3;1-2H. The number of nitrogens with zero attached hydrogens (tertiary/aromatic N) is 1. The lowest BCUT2D eigenvalue weighted by Gasteiger charge is -1.96. The van der Waals surface area contributed by atoms with Crippen LogP contribution in [0.4, 0.5) is 0 Å². The third kappa shape index (κ3) is 24.1. The Balaban J connectivity index is -0.000000238. The zero-order valence-corrected chi connectivity index (χ0v) is 12.7. The normalized spacial score (nSPS) is 7.83. The maximum atomic E-state index is 5.38. The van der Waals surface area contributed by atoms with Gasteiger partial charge in [0.05, 0.1) is 0 Å². The van der Waals surface area contributed by atoms with Crippen molar-refractivity contribution in [3.05, 3.63) is 35.9 Å². The van der Waals surface area contributed by atoms with E-state index in [-0.39, 0.29) is 0 Å². The van der Waals surface area contributed by atoms with Gasteiger partial charge in [-0.3, -0.25) is 0 Å². The monoisotopic (exact) mass is 250 g/mol. The van der Waals surface area contributed by atoms with E-state index in [9.17, 15) is 0 Å². The van der Waals surface area contributed by atoms with Gasteiger partial charge >= 0.3 is 0 Å². The molecule has 18 heavy (non-hydrogen) atoms. The second-order valence-electron chi connectivity index (χ2n) is 3.72. The second kappa shape index (κ2) is 21.0. The molecule has 1 aromatic rings. The average molecular weight is 250 g/mol. The summed E-state index contributed by atoms with van der Waals surface area (Å²) in [6, 6.07) is 10.4. The van der Waals surface area contributed by atoms with Crippen molar-refractivity contribution in [2.75, 3.05) is 27.7 Å². The Labute approximate surface area is 114 Å². The fraction of sp³-hybridized carbons (Fsp3) is 0.500. The Kier molecular flexibility index (Phi) is 25.6. The largest absolute Gasteiger partial charge is 0.330 e. The van der Waals surface area contributed by atoms with Crippen LogP contribution in [-0.4, -0.2) is 32.6 Å². The summed E-state index contributed by atoms with van der Waals surface area (Å²) in [4.78, 5) is 2.00. The molecule has 0 spiro atoms. The average Bonchev–Trinajstić information content (AvgIpc) is 2.41. The number of terminal acetylenes is 1. The van der Waals surface area contributed by atoms with Crippen LogP contribution < -0.4 is 5.73 Å². The summed E-state index contributed by atoms with van der Waals surface area (Å²) in [6.07, 6.45) is 10.2. The fourth-order valence-electron chi connectivity index (χ4n) is 0.951. The van der Waals surface area contributed by atoms with E-state index in [2.05, 4.69) is 37.1 Å². The van der Waals surface area contributed by atoms with Crippen LogP contribution >= 0.6 is 0 Å². The molecule has 2 nitrogen and oxygen atoms in total. The first-order valence-corrected chi connectivity index (χ1v) is 6.35. The van der Waals surface area contributed by atoms with Gasteiger partial charge in [-0.15, -0.1) is 12.8 Å². The molecule has 0 amide bonds. The van der Waals surface area contributed by atoms with Crippen molar-refractivity contribution in [1.29, 1.82) is 0 Å². The van der Waals surface area contributed by atoms with Crippen LogP contribution in [0.3, 0.4) is 0 Å². The van der Waals surface area contributed by atoms with Crippen LogP contribution in [0.2, 0.25) is 0 Å². The lowest BCUT2D eigenvalue weighted by atomic mass is 10.1. The summed E-state index contributed by atoms with van der Waals surface area (Å²) in [5, 5.41) is 0. The molecule has 0 aliphatic carbocycles. The molecule has 2 heteroatoms. The summed E-state index contributed by atoms with van der Waals surface area (Å²) < 4.78 is 0. The molecule has 0 aliphatic heterocycles. The predicted molar refractivity (Wildman–Crippen MR) is 84.7 cm³/mol. The van der Waals surface area contributed by atoms with Crippen LogP contribution in [0.25, 0.3) is 0 Å². The highest BCUT2D eigenvalue weighted by Gasteiger charge is 1.87. The van der Waals surface area contributed by atoms with Gasteiger partial charge in [0.2, 0.25) is 0 Å². The summed E-state index contributed by atoms with van der Waals surface area (Å²) in [5.41, 5.74) is 6.76. The van der Waals surface area contributed by atoms with Crippen LogP contribution in [0, 0.1) is 12.8 Å². The zero-order chi connectivity index (χ0) is 14.8. The molecule has 1 rings (SSSR count). The molecule has 0 fully saturated rings. The Morgan fingerprint density at radius 2 is 1.39 bits per heavy atom. The third-order valence-corrected chi connectivity index (χ3v) is 1.51. The second-order valence-corrected chi connectivity index (χ2v) is 3.72. The van der Waals surface area contributed by atoms with E-state index < -0.39 is 0 Å². The number of benzene rings is 1. The summed E-state index contributed by atoms with van der Waals surface area (Å²) in [6.45, 7) is 4.79. The van der Waals surface area contributed by atoms with Crippen molar-refractivity contribution in [1.82, 2.24) is 4.90 Å². The Bertz CT molecular complexity index is 237. The molecule has 0 saturated carbocycles. The highest BCUT2D eigenvalue weighted by atomic mass is 15.0. The first-order valence-electron chi connectivity index (χ1n) is 6.35. The molecule has 0 heterocycles. The molecular weight excluding hydrogens is 220 g/mol. The van der Waals surface area contributed by atoms with Gasteiger partial charge in [-0.05, 0) is 46.1 Å². The minimum atomic E-state index is 0.787. The van der Waals surface area contributed by atoms with Gasteiger partial charge in [-0.25, -0.2) is 0 Å². The van der Waals surface area contributed by atoms with Crippen molar-refractivity contribution < 1.29 is 0 Å².